The van der Waals surface area contributed by atoms with E-state index in [9.17, 15) is 26.3 Å². The average Bonchev–Trinajstić information content (AvgIpc) is 2.61. The van der Waals surface area contributed by atoms with Gasteiger partial charge in [-0.05, 0) is 54.7 Å². The van der Waals surface area contributed by atoms with E-state index in [4.69, 9.17) is 4.74 Å². The maximum atomic E-state index is 13.4. The fourth-order valence-corrected chi connectivity index (χ4v) is 4.98. The molecule has 9 heteroatoms. The molecule has 0 bridgehead atoms. The first-order chi connectivity index (χ1) is 13.1. The van der Waals surface area contributed by atoms with Crippen LogP contribution in [-0.4, -0.2) is 17.6 Å². The summed E-state index contributed by atoms with van der Waals surface area (Å²) in [7, 11) is 0. The molecule has 0 spiro atoms. The minimum Gasteiger partial charge on any atom is -0.490 e. The van der Waals surface area contributed by atoms with Crippen molar-refractivity contribution in [3.8, 4) is 5.75 Å². The summed E-state index contributed by atoms with van der Waals surface area (Å²) >= 11 is 2.48. The molecule has 152 valence electrons. The first kappa shape index (κ1) is 21.2. The fourth-order valence-electron chi connectivity index (χ4n) is 2.87. The largest absolute Gasteiger partial charge is 0.490 e. The molecule has 1 aliphatic rings. The van der Waals surface area contributed by atoms with E-state index in [1.54, 1.807) is 24.3 Å². The van der Waals surface area contributed by atoms with Crippen LogP contribution < -0.4 is 4.74 Å². The fraction of sp³-hybridized carbons (Fsp3) is 0.368. The van der Waals surface area contributed by atoms with E-state index in [0.717, 1.165) is 36.5 Å². The lowest BCUT2D eigenvalue weighted by Gasteiger charge is -2.23. The van der Waals surface area contributed by atoms with Gasteiger partial charge in [-0.2, -0.15) is 38.1 Å². The smallest absolute Gasteiger partial charge is 0.418 e. The molecule has 2 aromatic rings. The summed E-state index contributed by atoms with van der Waals surface area (Å²) in [6.07, 6.45) is -8.41. The quantitative estimate of drug-likeness (QED) is 0.469. The highest BCUT2D eigenvalue weighted by Gasteiger charge is 2.44. The lowest BCUT2D eigenvalue weighted by atomic mass is 10.1. The third kappa shape index (κ3) is 5.31. The highest BCUT2D eigenvalue weighted by molar-refractivity contribution is 7.99. The third-order valence-electron chi connectivity index (χ3n) is 4.12. The van der Waals surface area contributed by atoms with Gasteiger partial charge >= 0.3 is 12.4 Å². The Balaban J connectivity index is 1.88. The predicted octanol–water partition coefficient (Wildman–Crippen LogP) is 7.15. The van der Waals surface area contributed by atoms with E-state index < -0.39 is 28.4 Å². The summed E-state index contributed by atoms with van der Waals surface area (Å²) in [5, 5.41) is 0. The second kappa shape index (κ2) is 8.49. The SMILES string of the molecule is FC(F)(F)c1cccc(Sc2cccc(OC3CCSCC3)c2)c1C(F)(F)F. The first-order valence-electron chi connectivity index (χ1n) is 8.44. The second-order valence-corrected chi connectivity index (χ2v) is 8.52. The van der Waals surface area contributed by atoms with E-state index in [2.05, 4.69) is 0 Å². The summed E-state index contributed by atoms with van der Waals surface area (Å²) in [6.45, 7) is 0. The molecule has 3 rings (SSSR count). The Bertz CT molecular complexity index is 813. The number of benzene rings is 2. The van der Waals surface area contributed by atoms with Gasteiger partial charge in [0.1, 0.15) is 11.9 Å². The minimum atomic E-state index is -5.12. The van der Waals surface area contributed by atoms with Gasteiger partial charge in [-0.3, -0.25) is 0 Å². The monoisotopic (exact) mass is 438 g/mol. The lowest BCUT2D eigenvalue weighted by molar-refractivity contribution is -0.163. The van der Waals surface area contributed by atoms with Gasteiger partial charge in [0.25, 0.3) is 0 Å². The normalized spacial score (nSPS) is 16.2. The van der Waals surface area contributed by atoms with E-state index in [0.29, 0.717) is 28.5 Å². The van der Waals surface area contributed by atoms with Crippen molar-refractivity contribution >= 4 is 23.5 Å². The van der Waals surface area contributed by atoms with Crippen LogP contribution >= 0.6 is 23.5 Å². The van der Waals surface area contributed by atoms with Crippen molar-refractivity contribution in [2.24, 2.45) is 0 Å². The molecular formula is C19H16F6OS2. The average molecular weight is 438 g/mol. The summed E-state index contributed by atoms with van der Waals surface area (Å²) in [5.74, 6) is 2.47. The van der Waals surface area contributed by atoms with Gasteiger partial charge in [-0.15, -0.1) is 0 Å². The highest BCUT2D eigenvalue weighted by atomic mass is 32.2. The van der Waals surface area contributed by atoms with Crippen LogP contribution in [0, 0.1) is 0 Å². The van der Waals surface area contributed by atoms with Crippen molar-refractivity contribution in [2.45, 2.75) is 41.1 Å². The molecular weight excluding hydrogens is 422 g/mol. The van der Waals surface area contributed by atoms with Gasteiger partial charge in [0.2, 0.25) is 0 Å². The van der Waals surface area contributed by atoms with Gasteiger partial charge in [0.05, 0.1) is 11.1 Å². The van der Waals surface area contributed by atoms with Gasteiger partial charge in [-0.25, -0.2) is 0 Å². The topological polar surface area (TPSA) is 9.23 Å². The van der Waals surface area contributed by atoms with Crippen molar-refractivity contribution in [2.75, 3.05) is 11.5 Å². The molecule has 0 atom stereocenters. The number of hydrogen-bond acceptors (Lipinski definition) is 3. The minimum absolute atomic E-state index is 0.0424. The summed E-state index contributed by atoms with van der Waals surface area (Å²) < 4.78 is 85.3. The van der Waals surface area contributed by atoms with Crippen LogP contribution in [0.1, 0.15) is 24.0 Å². The first-order valence-corrected chi connectivity index (χ1v) is 10.4. The number of alkyl halides is 6. The molecule has 1 fully saturated rings. The van der Waals surface area contributed by atoms with Crippen molar-refractivity contribution < 1.29 is 31.1 Å². The molecule has 0 saturated carbocycles. The van der Waals surface area contributed by atoms with Crippen molar-refractivity contribution in [1.82, 2.24) is 0 Å². The van der Waals surface area contributed by atoms with Gasteiger partial charge in [-0.1, -0.05) is 23.9 Å². The molecule has 0 N–H and O–H groups in total. The van der Waals surface area contributed by atoms with Crippen LogP contribution in [-0.2, 0) is 12.4 Å². The Hall–Kier alpha value is -1.48. The van der Waals surface area contributed by atoms with Gasteiger partial charge in [0, 0.05) is 9.79 Å². The number of rotatable bonds is 4. The van der Waals surface area contributed by atoms with Crippen LogP contribution in [0.25, 0.3) is 0 Å². The molecule has 0 aromatic heterocycles. The Morgan fingerprint density at radius 2 is 1.57 bits per heavy atom. The van der Waals surface area contributed by atoms with Crippen LogP contribution in [0.5, 0.6) is 5.75 Å². The molecule has 1 aliphatic heterocycles. The molecule has 0 aliphatic carbocycles. The van der Waals surface area contributed by atoms with Gasteiger partial charge < -0.3 is 4.74 Å². The second-order valence-electron chi connectivity index (χ2n) is 6.18. The molecule has 0 amide bonds. The Morgan fingerprint density at radius 3 is 2.21 bits per heavy atom. The standard InChI is InChI=1S/C19H16F6OS2/c20-18(21,22)15-5-2-6-16(17(15)19(23,24)25)28-14-4-1-3-13(11-14)26-12-7-9-27-10-8-12/h1-6,11-12H,7-10H2. The van der Waals surface area contributed by atoms with E-state index >= 15 is 0 Å². The molecule has 28 heavy (non-hydrogen) atoms. The summed E-state index contributed by atoms with van der Waals surface area (Å²) in [6, 6.07) is 8.92. The Morgan fingerprint density at radius 1 is 0.893 bits per heavy atom. The van der Waals surface area contributed by atoms with Crippen molar-refractivity contribution in [3.05, 3.63) is 53.6 Å². The Kier molecular flexibility index (Phi) is 6.44. The highest BCUT2D eigenvalue weighted by Crippen LogP contribution is 2.46. The third-order valence-corrected chi connectivity index (χ3v) is 6.22. The molecule has 0 unspecified atom stereocenters. The zero-order chi connectivity index (χ0) is 20.4. The molecule has 0 radical (unpaired) electrons. The maximum absolute atomic E-state index is 13.4. The number of hydrogen-bond donors (Lipinski definition) is 0. The van der Waals surface area contributed by atoms with Crippen molar-refractivity contribution in [3.63, 3.8) is 0 Å². The molecule has 1 nitrogen and oxygen atoms in total. The van der Waals surface area contributed by atoms with E-state index in [1.165, 1.54) is 0 Å². The zero-order valence-corrected chi connectivity index (χ0v) is 16.1. The predicted molar refractivity (Wildman–Crippen MR) is 98.0 cm³/mol. The van der Waals surface area contributed by atoms with Crippen LogP contribution in [0.3, 0.4) is 0 Å². The number of halogens is 6. The molecule has 1 heterocycles. The van der Waals surface area contributed by atoms with Gasteiger partial charge in [0.15, 0.2) is 0 Å². The van der Waals surface area contributed by atoms with Crippen molar-refractivity contribution in [1.29, 1.82) is 0 Å². The summed E-state index contributed by atoms with van der Waals surface area (Å²) in [5.41, 5.74) is -3.35. The number of ether oxygens (including phenoxy) is 1. The molecule has 1 saturated heterocycles. The Labute approximate surface area is 166 Å². The van der Waals surface area contributed by atoms with E-state index in [1.807, 2.05) is 11.8 Å². The van der Waals surface area contributed by atoms with Crippen LogP contribution in [0.4, 0.5) is 26.3 Å². The zero-order valence-electron chi connectivity index (χ0n) is 14.4. The molecule has 2 aromatic carbocycles. The van der Waals surface area contributed by atoms with Crippen LogP contribution in [0.2, 0.25) is 0 Å². The summed E-state index contributed by atoms with van der Waals surface area (Å²) in [4.78, 5) is -0.110. The number of thioether (sulfide) groups is 1. The maximum Gasteiger partial charge on any atom is 0.418 e. The van der Waals surface area contributed by atoms with E-state index in [-0.39, 0.29) is 6.10 Å². The van der Waals surface area contributed by atoms with Crippen LogP contribution in [0.15, 0.2) is 52.3 Å². The lowest BCUT2D eigenvalue weighted by Crippen LogP contribution is -2.22.